The van der Waals surface area contributed by atoms with E-state index in [4.69, 9.17) is 4.74 Å². The largest absolute Gasteiger partial charge is 0.380 e. The Morgan fingerprint density at radius 3 is 2.35 bits per heavy atom. The van der Waals surface area contributed by atoms with Crippen LogP contribution in [0.4, 0.5) is 10.1 Å². The Kier molecular flexibility index (Phi) is 8.91. The van der Waals surface area contributed by atoms with Gasteiger partial charge < -0.3 is 20.3 Å². The Labute approximate surface area is 216 Å². The van der Waals surface area contributed by atoms with Gasteiger partial charge in [0.2, 0.25) is 15.9 Å². The van der Waals surface area contributed by atoms with Crippen molar-refractivity contribution < 1.29 is 27.1 Å². The quantitative estimate of drug-likeness (QED) is 0.457. The number of carbonyl (C=O) groups is 2. The van der Waals surface area contributed by atoms with Gasteiger partial charge in [0, 0.05) is 23.9 Å². The van der Waals surface area contributed by atoms with Crippen LogP contribution in [0.15, 0.2) is 53.4 Å². The number of nitrogens with one attached hydrogen (secondary N) is 3. The number of carbonyl (C=O) groups excluding carboxylic acids is 2. The maximum Gasteiger partial charge on any atom is 0.251 e. The molecule has 0 radical (unpaired) electrons. The lowest BCUT2D eigenvalue weighted by Crippen LogP contribution is -2.46. The van der Waals surface area contributed by atoms with Crippen LogP contribution in [-0.4, -0.2) is 70.6 Å². The summed E-state index contributed by atoms with van der Waals surface area (Å²) in [5.74, 6) is -1.05. The van der Waals surface area contributed by atoms with Crippen molar-refractivity contribution in [2.75, 3.05) is 38.7 Å². The van der Waals surface area contributed by atoms with Gasteiger partial charge in [-0.2, -0.15) is 0 Å². The van der Waals surface area contributed by atoms with Gasteiger partial charge in [-0.3, -0.25) is 9.59 Å². The molecule has 2 aliphatic heterocycles. The number of rotatable bonds is 9. The highest BCUT2D eigenvalue weighted by molar-refractivity contribution is 7.89. The van der Waals surface area contributed by atoms with Gasteiger partial charge in [0.15, 0.2) is 0 Å². The second-order valence-electron chi connectivity index (χ2n) is 9.71. The maximum atomic E-state index is 13.3. The third-order valence-corrected chi connectivity index (χ3v) is 8.36. The number of nitrogens with zero attached hydrogens (tertiary/aromatic N) is 1. The summed E-state index contributed by atoms with van der Waals surface area (Å²) < 4.78 is 46.4. The molecule has 2 saturated heterocycles. The first kappa shape index (κ1) is 27.2. The van der Waals surface area contributed by atoms with E-state index >= 15 is 0 Å². The van der Waals surface area contributed by atoms with Gasteiger partial charge in [-0.15, -0.1) is 0 Å². The molecule has 200 valence electrons. The molecule has 0 saturated carbocycles. The summed E-state index contributed by atoms with van der Waals surface area (Å²) in [5, 5.41) is 5.60. The molecule has 2 aliphatic rings. The van der Waals surface area contributed by atoms with Gasteiger partial charge >= 0.3 is 0 Å². The Hall–Kier alpha value is -2.86. The second kappa shape index (κ2) is 12.1. The van der Waals surface area contributed by atoms with E-state index in [0.29, 0.717) is 31.7 Å². The monoisotopic (exact) mass is 532 g/mol. The fraction of sp³-hybridized carbons (Fsp3) is 0.462. The fourth-order valence-corrected chi connectivity index (χ4v) is 5.82. The van der Waals surface area contributed by atoms with Gasteiger partial charge in [-0.1, -0.05) is 0 Å². The Bertz CT molecular complexity index is 1180. The first-order valence-electron chi connectivity index (χ1n) is 12.5. The van der Waals surface area contributed by atoms with Crippen LogP contribution in [0, 0.1) is 11.7 Å². The summed E-state index contributed by atoms with van der Waals surface area (Å²) in [4.78, 5) is 28.4. The molecule has 0 aromatic heterocycles. The predicted octanol–water partition coefficient (Wildman–Crippen LogP) is 2.36. The SMILES string of the molecule is CN1CCC(C[C@H](NC(=O)c2ccc(F)cc2)C(=O)Nc2ccc(S(=O)(=O)N[C@@H]3CCOC3)cc2)CC1. The van der Waals surface area contributed by atoms with E-state index in [1.807, 2.05) is 0 Å². The predicted molar refractivity (Wildman–Crippen MR) is 137 cm³/mol. The Morgan fingerprint density at radius 2 is 1.73 bits per heavy atom. The zero-order valence-electron chi connectivity index (χ0n) is 20.8. The zero-order valence-corrected chi connectivity index (χ0v) is 21.6. The number of likely N-dealkylation sites (tertiary alicyclic amines) is 1. The smallest absolute Gasteiger partial charge is 0.251 e. The minimum absolute atomic E-state index is 0.0879. The number of piperidine rings is 1. The highest BCUT2D eigenvalue weighted by Gasteiger charge is 2.28. The van der Waals surface area contributed by atoms with Crippen LogP contribution >= 0.6 is 0 Å². The number of amides is 2. The van der Waals surface area contributed by atoms with Crippen LogP contribution < -0.4 is 15.4 Å². The molecular formula is C26H33FN4O5S. The highest BCUT2D eigenvalue weighted by atomic mass is 32.2. The van der Waals surface area contributed by atoms with Gasteiger partial charge in [0.05, 0.1) is 11.5 Å². The lowest BCUT2D eigenvalue weighted by atomic mass is 9.90. The van der Waals surface area contributed by atoms with Crippen molar-refractivity contribution in [3.8, 4) is 0 Å². The number of halogens is 1. The normalized spacial score (nSPS) is 19.9. The molecule has 4 rings (SSSR count). The van der Waals surface area contributed by atoms with Crippen LogP contribution in [0.1, 0.15) is 36.0 Å². The van der Waals surface area contributed by atoms with E-state index in [1.54, 1.807) is 0 Å². The van der Waals surface area contributed by atoms with Crippen molar-refractivity contribution in [3.05, 3.63) is 59.9 Å². The standard InChI is InChI=1S/C26H33FN4O5S/c1-31-13-10-18(11-14-31)16-24(29-25(32)19-2-4-20(27)5-3-19)26(33)28-21-6-8-23(9-7-21)37(34,35)30-22-12-15-36-17-22/h2-9,18,22,24,30H,10-17H2,1H3,(H,28,33)(H,29,32)/t22-,24+/m1/s1. The molecule has 0 bridgehead atoms. The molecule has 0 aliphatic carbocycles. The van der Waals surface area contributed by atoms with Crippen LogP contribution in [0.5, 0.6) is 0 Å². The molecule has 3 N–H and O–H groups in total. The van der Waals surface area contributed by atoms with E-state index in [-0.39, 0.29) is 22.4 Å². The summed E-state index contributed by atoms with van der Waals surface area (Å²) in [6, 6.07) is 9.98. The third kappa shape index (κ3) is 7.57. The van der Waals surface area contributed by atoms with Gasteiger partial charge in [0.25, 0.3) is 5.91 Å². The zero-order chi connectivity index (χ0) is 26.4. The first-order chi connectivity index (χ1) is 17.7. The number of hydrogen-bond acceptors (Lipinski definition) is 6. The number of benzene rings is 2. The lowest BCUT2D eigenvalue weighted by molar-refractivity contribution is -0.118. The van der Waals surface area contributed by atoms with Crippen LogP contribution in [0.2, 0.25) is 0 Å². The van der Waals surface area contributed by atoms with Crippen LogP contribution in [-0.2, 0) is 19.6 Å². The molecule has 0 spiro atoms. The number of hydrogen-bond donors (Lipinski definition) is 3. The number of sulfonamides is 1. The summed E-state index contributed by atoms with van der Waals surface area (Å²) in [5.41, 5.74) is 0.676. The van der Waals surface area contributed by atoms with E-state index < -0.39 is 33.7 Å². The van der Waals surface area contributed by atoms with Gasteiger partial charge in [0.1, 0.15) is 11.9 Å². The topological polar surface area (TPSA) is 117 Å². The maximum absolute atomic E-state index is 13.3. The molecule has 2 fully saturated rings. The minimum Gasteiger partial charge on any atom is -0.380 e. The third-order valence-electron chi connectivity index (χ3n) is 6.82. The van der Waals surface area contributed by atoms with E-state index in [2.05, 4.69) is 27.3 Å². The summed E-state index contributed by atoms with van der Waals surface area (Å²) in [6.07, 6.45) is 2.92. The average molecular weight is 533 g/mol. The molecule has 0 unspecified atom stereocenters. The lowest BCUT2D eigenvalue weighted by Gasteiger charge is -2.31. The average Bonchev–Trinajstić information content (AvgIpc) is 3.38. The number of ether oxygens (including phenoxy) is 1. The van der Waals surface area contributed by atoms with Crippen molar-refractivity contribution >= 4 is 27.5 Å². The van der Waals surface area contributed by atoms with Crippen molar-refractivity contribution in [1.29, 1.82) is 0 Å². The summed E-state index contributed by atoms with van der Waals surface area (Å²) in [7, 11) is -1.66. The fourth-order valence-electron chi connectivity index (χ4n) is 4.57. The second-order valence-corrected chi connectivity index (χ2v) is 11.4. The molecule has 37 heavy (non-hydrogen) atoms. The molecule has 11 heteroatoms. The molecule has 2 amide bonds. The first-order valence-corrected chi connectivity index (χ1v) is 13.9. The molecule has 2 aromatic rings. The van der Waals surface area contributed by atoms with Crippen LogP contribution in [0.3, 0.4) is 0 Å². The van der Waals surface area contributed by atoms with Gasteiger partial charge in [-0.25, -0.2) is 17.5 Å². The molecule has 2 aromatic carbocycles. The molecule has 9 nitrogen and oxygen atoms in total. The Morgan fingerprint density at radius 1 is 1.05 bits per heavy atom. The van der Waals surface area contributed by atoms with E-state index in [9.17, 15) is 22.4 Å². The Balaban J connectivity index is 1.43. The number of anilines is 1. The van der Waals surface area contributed by atoms with Gasteiger partial charge in [-0.05, 0) is 100 Å². The van der Waals surface area contributed by atoms with E-state index in [0.717, 1.165) is 25.9 Å². The summed E-state index contributed by atoms with van der Waals surface area (Å²) >= 11 is 0. The van der Waals surface area contributed by atoms with Crippen molar-refractivity contribution in [3.63, 3.8) is 0 Å². The highest BCUT2D eigenvalue weighted by Crippen LogP contribution is 2.23. The molecule has 2 heterocycles. The molecular weight excluding hydrogens is 499 g/mol. The van der Waals surface area contributed by atoms with Crippen LogP contribution in [0.25, 0.3) is 0 Å². The van der Waals surface area contributed by atoms with Crippen molar-refractivity contribution in [1.82, 2.24) is 14.9 Å². The van der Waals surface area contributed by atoms with E-state index in [1.165, 1.54) is 48.5 Å². The van der Waals surface area contributed by atoms with Crippen molar-refractivity contribution in [2.45, 2.75) is 42.7 Å². The minimum atomic E-state index is -3.71. The van der Waals surface area contributed by atoms with Crippen molar-refractivity contribution in [2.24, 2.45) is 5.92 Å². The summed E-state index contributed by atoms with van der Waals surface area (Å²) in [6.45, 7) is 2.70. The molecule has 2 atom stereocenters.